The monoisotopic (exact) mass is 557 g/mol. The van der Waals surface area contributed by atoms with Crippen molar-refractivity contribution >= 4 is 22.7 Å². The van der Waals surface area contributed by atoms with E-state index in [1.165, 1.54) is 18.4 Å². The lowest BCUT2D eigenvalue weighted by Crippen LogP contribution is -2.28. The molecule has 5 aromatic rings. The Morgan fingerprint density at radius 3 is 2.52 bits per heavy atom. The van der Waals surface area contributed by atoms with Crippen molar-refractivity contribution in [1.82, 2.24) is 29.8 Å². The van der Waals surface area contributed by atoms with Crippen molar-refractivity contribution in [2.24, 2.45) is 0 Å². The highest BCUT2D eigenvalue weighted by Gasteiger charge is 2.24. The summed E-state index contributed by atoms with van der Waals surface area (Å²) in [5.41, 5.74) is 7.18. The highest BCUT2D eigenvalue weighted by molar-refractivity contribution is 5.83. The molecule has 8 nitrogen and oxygen atoms in total. The molecule has 0 spiro atoms. The molecule has 1 aliphatic carbocycles. The molecule has 1 saturated carbocycles. The Bertz CT molecular complexity index is 1770. The van der Waals surface area contributed by atoms with Crippen LogP contribution in [-0.4, -0.2) is 37.6 Å². The number of piperidine rings is 1. The second-order valence-corrected chi connectivity index (χ2v) is 11.6. The van der Waals surface area contributed by atoms with Crippen molar-refractivity contribution in [3.05, 3.63) is 94.8 Å². The fourth-order valence-electron chi connectivity index (χ4n) is 6.49. The third-order valence-corrected chi connectivity index (χ3v) is 8.76. The van der Waals surface area contributed by atoms with E-state index in [0.717, 1.165) is 72.2 Å². The molecule has 0 amide bonds. The summed E-state index contributed by atoms with van der Waals surface area (Å²) in [5, 5.41) is 7.71. The first kappa shape index (κ1) is 26.5. The first-order valence-corrected chi connectivity index (χ1v) is 15.0. The van der Waals surface area contributed by atoms with Crippen LogP contribution in [0.3, 0.4) is 0 Å². The van der Waals surface area contributed by atoms with E-state index < -0.39 is 0 Å². The zero-order chi connectivity index (χ0) is 28.5. The predicted molar refractivity (Wildman–Crippen MR) is 167 cm³/mol. The molecule has 5 heterocycles. The van der Waals surface area contributed by atoms with Crippen molar-refractivity contribution in [1.29, 1.82) is 0 Å². The highest BCUT2D eigenvalue weighted by Crippen LogP contribution is 2.33. The maximum atomic E-state index is 14.2. The average Bonchev–Trinajstić information content (AvgIpc) is 3.57. The quantitative estimate of drug-likeness (QED) is 0.244. The van der Waals surface area contributed by atoms with Gasteiger partial charge in [0.2, 0.25) is 5.95 Å². The second-order valence-electron chi connectivity index (χ2n) is 11.6. The Hall–Kier alpha value is -4.43. The second kappa shape index (κ2) is 11.4. The summed E-state index contributed by atoms with van der Waals surface area (Å²) in [6, 6.07) is 16.5. The summed E-state index contributed by atoms with van der Waals surface area (Å²) < 4.78 is 1.91. The maximum Gasteiger partial charge on any atom is 0.260 e. The van der Waals surface area contributed by atoms with Crippen LogP contribution in [0.25, 0.3) is 33.4 Å². The van der Waals surface area contributed by atoms with Crippen LogP contribution in [0.15, 0.2) is 78.1 Å². The number of aromatic nitrogens is 5. The first-order valence-electron chi connectivity index (χ1n) is 15.0. The van der Waals surface area contributed by atoms with Crippen molar-refractivity contribution in [2.75, 3.05) is 18.4 Å². The number of pyridine rings is 3. The van der Waals surface area contributed by atoms with Crippen LogP contribution in [0.1, 0.15) is 61.6 Å². The minimum absolute atomic E-state index is 0.0245. The number of hydrogen-bond donors (Lipinski definition) is 2. The van der Waals surface area contributed by atoms with Gasteiger partial charge in [-0.2, -0.15) is 4.98 Å². The van der Waals surface area contributed by atoms with Gasteiger partial charge in [0, 0.05) is 65.1 Å². The normalized spacial score (nSPS) is 17.5. The Morgan fingerprint density at radius 2 is 1.79 bits per heavy atom. The number of fused-ring (bicyclic) bond motifs is 1. The first-order chi connectivity index (χ1) is 20.6. The van der Waals surface area contributed by atoms with Gasteiger partial charge >= 0.3 is 0 Å². The molecule has 1 unspecified atom stereocenters. The van der Waals surface area contributed by atoms with Crippen molar-refractivity contribution in [2.45, 2.75) is 57.4 Å². The third kappa shape index (κ3) is 5.18. The Balaban J connectivity index is 1.24. The SMILES string of the molecule is Cc1cc(-c2cccnc2)ncc1-c1cc2cnc(Nc3ccc(C4CCCNC4)cc3)nc2n(C2CCCC2)c1=O. The van der Waals surface area contributed by atoms with E-state index in [0.29, 0.717) is 23.1 Å². The van der Waals surface area contributed by atoms with Crippen molar-refractivity contribution in [3.63, 3.8) is 0 Å². The zero-order valence-electron chi connectivity index (χ0n) is 23.9. The molecule has 212 valence electrons. The lowest BCUT2D eigenvalue weighted by Gasteiger charge is -2.23. The summed E-state index contributed by atoms with van der Waals surface area (Å²) in [6.45, 7) is 4.17. The number of benzene rings is 1. The molecule has 1 saturated heterocycles. The van der Waals surface area contributed by atoms with Crippen LogP contribution < -0.4 is 16.2 Å². The minimum atomic E-state index is -0.0245. The molecule has 2 N–H and O–H groups in total. The standard InChI is InChI=1S/C34H35N7O/c1-22-16-31(25-7-5-15-36-19-25)37-21-30(22)29-17-26-20-38-34(40-32(26)41(33(29)42)28-8-2-3-9-28)39-27-12-10-23(11-13-27)24-6-4-14-35-18-24/h5,7,10-13,15-17,19-21,24,28,35H,2-4,6,8-9,14,18H2,1H3,(H,38,39,40). The van der Waals surface area contributed by atoms with Gasteiger partial charge in [0.1, 0.15) is 5.65 Å². The molecule has 0 radical (unpaired) electrons. The summed E-state index contributed by atoms with van der Waals surface area (Å²) in [5.74, 6) is 1.05. The van der Waals surface area contributed by atoms with Crippen LogP contribution in [0.4, 0.5) is 11.6 Å². The lowest BCUT2D eigenvalue weighted by atomic mass is 9.92. The summed E-state index contributed by atoms with van der Waals surface area (Å²) >= 11 is 0. The Labute approximate surface area is 245 Å². The number of nitrogens with one attached hydrogen (secondary N) is 2. The molecule has 8 heteroatoms. The summed E-state index contributed by atoms with van der Waals surface area (Å²) in [7, 11) is 0. The van der Waals surface area contributed by atoms with E-state index >= 15 is 0 Å². The fraction of sp³-hybridized carbons (Fsp3) is 0.324. The van der Waals surface area contributed by atoms with Crippen molar-refractivity contribution < 1.29 is 0 Å². The van der Waals surface area contributed by atoms with Gasteiger partial charge in [-0.1, -0.05) is 25.0 Å². The molecular weight excluding hydrogens is 522 g/mol. The average molecular weight is 558 g/mol. The van der Waals surface area contributed by atoms with E-state index in [1.54, 1.807) is 12.4 Å². The van der Waals surface area contributed by atoms with E-state index in [-0.39, 0.29) is 11.6 Å². The molecule has 4 aromatic heterocycles. The number of rotatable bonds is 6. The zero-order valence-corrected chi connectivity index (χ0v) is 23.9. The Kier molecular flexibility index (Phi) is 7.22. The molecule has 1 aliphatic heterocycles. The van der Waals surface area contributed by atoms with E-state index in [4.69, 9.17) is 9.97 Å². The van der Waals surface area contributed by atoms with Gasteiger partial charge in [0.25, 0.3) is 5.56 Å². The highest BCUT2D eigenvalue weighted by atomic mass is 16.1. The maximum absolute atomic E-state index is 14.2. The summed E-state index contributed by atoms with van der Waals surface area (Å²) in [6.07, 6.45) is 13.8. The largest absolute Gasteiger partial charge is 0.324 e. The fourth-order valence-corrected chi connectivity index (χ4v) is 6.49. The minimum Gasteiger partial charge on any atom is -0.324 e. The van der Waals surface area contributed by atoms with Gasteiger partial charge < -0.3 is 10.6 Å². The van der Waals surface area contributed by atoms with E-state index in [9.17, 15) is 4.79 Å². The number of nitrogens with zero attached hydrogens (tertiary/aromatic N) is 5. The van der Waals surface area contributed by atoms with Crippen LogP contribution in [0.5, 0.6) is 0 Å². The molecule has 7 rings (SSSR count). The Morgan fingerprint density at radius 1 is 0.929 bits per heavy atom. The topological polar surface area (TPSA) is 97.6 Å². The molecule has 2 aliphatic rings. The van der Waals surface area contributed by atoms with Gasteiger partial charge in [-0.3, -0.25) is 19.3 Å². The predicted octanol–water partition coefficient (Wildman–Crippen LogP) is 6.55. The van der Waals surface area contributed by atoms with Crippen LogP contribution in [-0.2, 0) is 0 Å². The van der Waals surface area contributed by atoms with Gasteiger partial charge in [-0.05, 0) is 92.6 Å². The lowest BCUT2D eigenvalue weighted by molar-refractivity contribution is 0.461. The van der Waals surface area contributed by atoms with Crippen molar-refractivity contribution in [3.8, 4) is 22.4 Å². The molecular formula is C34H35N7O. The van der Waals surface area contributed by atoms with Gasteiger partial charge in [-0.15, -0.1) is 0 Å². The summed E-state index contributed by atoms with van der Waals surface area (Å²) in [4.78, 5) is 32.6. The molecule has 1 atom stereocenters. The van der Waals surface area contributed by atoms with Gasteiger partial charge in [0.15, 0.2) is 0 Å². The van der Waals surface area contributed by atoms with Crippen LogP contribution in [0.2, 0.25) is 0 Å². The van der Waals surface area contributed by atoms with Crippen LogP contribution in [0, 0.1) is 6.92 Å². The molecule has 42 heavy (non-hydrogen) atoms. The smallest absolute Gasteiger partial charge is 0.260 e. The van der Waals surface area contributed by atoms with Gasteiger partial charge in [-0.25, -0.2) is 4.98 Å². The van der Waals surface area contributed by atoms with Gasteiger partial charge in [0.05, 0.1) is 5.69 Å². The third-order valence-electron chi connectivity index (χ3n) is 8.76. The number of anilines is 2. The number of aryl methyl sites for hydroxylation is 1. The molecule has 0 bridgehead atoms. The van der Waals surface area contributed by atoms with Crippen LogP contribution >= 0.6 is 0 Å². The molecule has 2 fully saturated rings. The number of hydrogen-bond acceptors (Lipinski definition) is 7. The van der Waals surface area contributed by atoms with E-state index in [1.807, 2.05) is 48.1 Å². The molecule has 1 aromatic carbocycles. The van der Waals surface area contributed by atoms with E-state index in [2.05, 4.69) is 44.9 Å².